The zero-order chi connectivity index (χ0) is 18.4. The Bertz CT molecular complexity index is 844. The number of aromatic hydroxyl groups is 1. The highest BCUT2D eigenvalue weighted by Crippen LogP contribution is 2.26. The van der Waals surface area contributed by atoms with Crippen molar-refractivity contribution >= 4 is 0 Å². The van der Waals surface area contributed by atoms with Crippen molar-refractivity contribution in [1.29, 1.82) is 0 Å². The van der Waals surface area contributed by atoms with Crippen LogP contribution in [0.3, 0.4) is 0 Å². The summed E-state index contributed by atoms with van der Waals surface area (Å²) in [5.74, 6) is 1.93. The van der Waals surface area contributed by atoms with E-state index < -0.39 is 0 Å². The molecule has 26 heavy (non-hydrogen) atoms. The monoisotopic (exact) mass is 353 g/mol. The van der Waals surface area contributed by atoms with Crippen molar-refractivity contribution < 1.29 is 14.4 Å². The van der Waals surface area contributed by atoms with Crippen LogP contribution in [0.15, 0.2) is 47.0 Å². The van der Waals surface area contributed by atoms with Crippen LogP contribution in [0.25, 0.3) is 11.5 Å². The van der Waals surface area contributed by atoms with E-state index in [2.05, 4.69) is 27.6 Å². The summed E-state index contributed by atoms with van der Waals surface area (Å²) in [6.45, 7) is 3.53. The zero-order valence-electron chi connectivity index (χ0n) is 15.0. The molecule has 0 saturated carbocycles. The van der Waals surface area contributed by atoms with Crippen LogP contribution in [0.4, 0.5) is 0 Å². The molecule has 0 aliphatic carbocycles. The molecular weight excluding hydrogens is 330 g/mol. The van der Waals surface area contributed by atoms with Crippen LogP contribution in [-0.4, -0.2) is 28.9 Å². The third kappa shape index (κ3) is 4.40. The summed E-state index contributed by atoms with van der Waals surface area (Å²) in [5.41, 5.74) is 3.18. The molecule has 0 atom stereocenters. The molecule has 0 fully saturated rings. The van der Waals surface area contributed by atoms with Crippen LogP contribution in [0.1, 0.15) is 23.9 Å². The van der Waals surface area contributed by atoms with E-state index in [1.807, 2.05) is 25.1 Å². The molecule has 6 heteroatoms. The Kier molecular flexibility index (Phi) is 5.86. The first-order chi connectivity index (χ1) is 12.7. The molecule has 0 amide bonds. The van der Waals surface area contributed by atoms with Gasteiger partial charge in [0.25, 0.3) is 5.89 Å². The Morgan fingerprint density at radius 2 is 1.88 bits per heavy atom. The zero-order valence-corrected chi connectivity index (χ0v) is 15.0. The lowest BCUT2D eigenvalue weighted by Gasteiger charge is -2.08. The molecule has 2 N–H and O–H groups in total. The smallest absolute Gasteiger partial charge is 0.257 e. The predicted molar refractivity (Wildman–Crippen MR) is 99.2 cm³/mol. The molecule has 136 valence electrons. The Morgan fingerprint density at radius 3 is 2.54 bits per heavy atom. The normalized spacial score (nSPS) is 10.8. The third-order valence-corrected chi connectivity index (χ3v) is 4.15. The lowest BCUT2D eigenvalue weighted by atomic mass is 10.1. The Hall–Kier alpha value is -2.86. The number of benzene rings is 2. The van der Waals surface area contributed by atoms with E-state index in [-0.39, 0.29) is 5.75 Å². The van der Waals surface area contributed by atoms with Crippen LogP contribution in [0.2, 0.25) is 0 Å². The number of aromatic nitrogens is 2. The number of ether oxygens (including phenoxy) is 1. The van der Waals surface area contributed by atoms with Gasteiger partial charge in [-0.3, -0.25) is 0 Å². The van der Waals surface area contributed by atoms with Gasteiger partial charge < -0.3 is 19.7 Å². The fourth-order valence-electron chi connectivity index (χ4n) is 2.64. The van der Waals surface area contributed by atoms with Gasteiger partial charge in [0, 0.05) is 18.5 Å². The van der Waals surface area contributed by atoms with Gasteiger partial charge >= 0.3 is 0 Å². The molecule has 0 aliphatic heterocycles. The van der Waals surface area contributed by atoms with Crippen LogP contribution in [-0.2, 0) is 19.4 Å². The van der Waals surface area contributed by atoms with Crippen molar-refractivity contribution in [2.45, 2.75) is 26.3 Å². The topological polar surface area (TPSA) is 80.4 Å². The molecule has 1 aromatic heterocycles. The minimum absolute atomic E-state index is 0.162. The largest absolute Gasteiger partial charge is 0.504 e. The second kappa shape index (κ2) is 8.49. The van der Waals surface area contributed by atoms with Gasteiger partial charge in [0.05, 0.1) is 7.11 Å². The van der Waals surface area contributed by atoms with Gasteiger partial charge in [-0.15, -0.1) is 0 Å². The van der Waals surface area contributed by atoms with Crippen molar-refractivity contribution in [2.75, 3.05) is 13.7 Å². The highest BCUT2D eigenvalue weighted by molar-refractivity contribution is 5.53. The molecule has 3 rings (SSSR count). The van der Waals surface area contributed by atoms with Crippen molar-refractivity contribution in [3.05, 3.63) is 59.4 Å². The Balaban J connectivity index is 1.48. The maximum Gasteiger partial charge on any atom is 0.257 e. The maximum atomic E-state index is 9.79. The highest BCUT2D eigenvalue weighted by Gasteiger charge is 2.07. The minimum atomic E-state index is 0.162. The molecule has 0 bridgehead atoms. The van der Waals surface area contributed by atoms with Gasteiger partial charge in [-0.05, 0) is 48.4 Å². The predicted octanol–water partition coefficient (Wildman–Crippen LogP) is 3.35. The number of aryl methyl sites for hydroxylation is 1. The number of nitrogens with zero attached hydrogens (tertiary/aromatic N) is 2. The number of rotatable bonds is 8. The van der Waals surface area contributed by atoms with E-state index >= 15 is 0 Å². The van der Waals surface area contributed by atoms with Gasteiger partial charge in [0.1, 0.15) is 0 Å². The molecule has 3 aromatic rings. The molecular formula is C20H23N3O3. The quantitative estimate of drug-likeness (QED) is 0.605. The van der Waals surface area contributed by atoms with Crippen LogP contribution >= 0.6 is 0 Å². The molecule has 0 aliphatic rings. The van der Waals surface area contributed by atoms with Gasteiger partial charge in [-0.2, -0.15) is 4.98 Å². The van der Waals surface area contributed by atoms with E-state index in [1.165, 1.54) is 5.56 Å². The fourth-order valence-corrected chi connectivity index (χ4v) is 2.64. The lowest BCUT2D eigenvalue weighted by molar-refractivity contribution is 0.373. The van der Waals surface area contributed by atoms with Crippen LogP contribution < -0.4 is 10.1 Å². The van der Waals surface area contributed by atoms with Crippen molar-refractivity contribution in [1.82, 2.24) is 15.5 Å². The first kappa shape index (κ1) is 17.9. The number of phenolic OH excluding ortho intramolecular Hbond substituents is 1. The number of methoxy groups -OCH3 is 1. The first-order valence-electron chi connectivity index (χ1n) is 8.68. The van der Waals surface area contributed by atoms with Crippen molar-refractivity contribution in [3.8, 4) is 23.0 Å². The molecule has 1 heterocycles. The third-order valence-electron chi connectivity index (χ3n) is 4.15. The molecule has 6 nitrogen and oxygen atoms in total. The fraction of sp³-hybridized carbons (Fsp3) is 0.300. The highest BCUT2D eigenvalue weighted by atomic mass is 16.5. The van der Waals surface area contributed by atoms with Crippen molar-refractivity contribution in [2.24, 2.45) is 0 Å². The maximum absolute atomic E-state index is 9.79. The first-order valence-corrected chi connectivity index (χ1v) is 8.68. The van der Waals surface area contributed by atoms with E-state index in [0.717, 1.165) is 36.3 Å². The van der Waals surface area contributed by atoms with Crippen LogP contribution in [0, 0.1) is 0 Å². The number of phenols is 1. The Labute approximate surface area is 152 Å². The second-order valence-corrected chi connectivity index (χ2v) is 6.00. The number of hydrogen-bond acceptors (Lipinski definition) is 6. The van der Waals surface area contributed by atoms with Crippen LogP contribution in [0.5, 0.6) is 11.5 Å². The van der Waals surface area contributed by atoms with Gasteiger partial charge in [-0.1, -0.05) is 30.3 Å². The van der Waals surface area contributed by atoms with E-state index in [1.54, 1.807) is 19.2 Å². The van der Waals surface area contributed by atoms with Gasteiger partial charge in [0.15, 0.2) is 17.3 Å². The minimum Gasteiger partial charge on any atom is -0.504 e. The molecule has 2 aromatic carbocycles. The average Bonchev–Trinajstić information content (AvgIpc) is 3.15. The Morgan fingerprint density at radius 1 is 1.12 bits per heavy atom. The molecule has 0 unspecified atom stereocenters. The molecule has 0 saturated heterocycles. The molecule has 0 spiro atoms. The molecule has 0 radical (unpaired) electrons. The van der Waals surface area contributed by atoms with E-state index in [0.29, 0.717) is 18.2 Å². The summed E-state index contributed by atoms with van der Waals surface area (Å²) < 4.78 is 10.3. The summed E-state index contributed by atoms with van der Waals surface area (Å²) >= 11 is 0. The lowest BCUT2D eigenvalue weighted by Crippen LogP contribution is -2.16. The van der Waals surface area contributed by atoms with E-state index in [4.69, 9.17) is 9.26 Å². The van der Waals surface area contributed by atoms with Gasteiger partial charge in [-0.25, -0.2) is 0 Å². The summed E-state index contributed by atoms with van der Waals surface area (Å²) in [6.07, 6.45) is 1.67. The summed E-state index contributed by atoms with van der Waals surface area (Å²) in [5, 5.41) is 17.1. The summed E-state index contributed by atoms with van der Waals surface area (Å²) in [7, 11) is 1.54. The van der Waals surface area contributed by atoms with E-state index in [9.17, 15) is 5.11 Å². The SMILES string of the molecule is CCc1noc(-c2ccc(CCNCc3ccc(OC)c(O)c3)cc2)n1. The number of hydrogen-bond donors (Lipinski definition) is 2. The van der Waals surface area contributed by atoms with Crippen molar-refractivity contribution in [3.63, 3.8) is 0 Å². The number of nitrogens with one attached hydrogen (secondary N) is 1. The summed E-state index contributed by atoms with van der Waals surface area (Å²) in [4.78, 5) is 4.34. The average molecular weight is 353 g/mol. The van der Waals surface area contributed by atoms with Gasteiger partial charge in [0.2, 0.25) is 0 Å². The second-order valence-electron chi connectivity index (χ2n) is 6.00. The summed E-state index contributed by atoms with van der Waals surface area (Å²) in [6, 6.07) is 13.6. The standard InChI is InChI=1S/C20H23N3O3/c1-3-19-22-20(26-23-19)16-7-4-14(5-8-16)10-11-21-13-15-6-9-18(25-2)17(24)12-15/h4-9,12,21,24H,3,10-11,13H2,1-2H3.